The van der Waals surface area contributed by atoms with E-state index in [0.717, 1.165) is 55.4 Å². The monoisotopic (exact) mass is 1600 g/mol. The Labute approximate surface area is 699 Å². The number of hydrogen-bond acceptors (Lipinski definition) is 4. The van der Waals surface area contributed by atoms with Gasteiger partial charge in [-0.1, -0.05) is 419 Å². The number of imidazole rings is 4. The van der Waals surface area contributed by atoms with Crippen molar-refractivity contribution in [3.63, 3.8) is 0 Å². The molecule has 0 spiro atoms. The first kappa shape index (κ1) is 71.7. The zero-order valence-electron chi connectivity index (χ0n) is 65.6. The highest BCUT2D eigenvalue weighted by molar-refractivity contribution is 7.22. The molecule has 22 rings (SSSR count). The molecule has 5 aromatic heterocycles. The molecule has 0 N–H and O–H groups in total. The topological polar surface area (TPSA) is 70.2 Å². The molecule has 0 radical (unpaired) electrons. The summed E-state index contributed by atoms with van der Waals surface area (Å²) in [6, 6.07) is 176. The Bertz CT molecular complexity index is 6670. The van der Waals surface area contributed by atoms with Crippen LogP contribution in [-0.4, -0.2) is 70.2 Å². The molecular formula is C108H78N8Si4. The van der Waals surface area contributed by atoms with Crippen LogP contribution in [0.5, 0.6) is 0 Å². The second kappa shape index (κ2) is 29.7. The zero-order valence-corrected chi connectivity index (χ0v) is 69.6. The summed E-state index contributed by atoms with van der Waals surface area (Å²) < 4.78 is 9.40. The molecule has 120 heavy (non-hydrogen) atoms. The second-order valence-corrected chi connectivity index (χ2v) is 46.4. The summed E-state index contributed by atoms with van der Waals surface area (Å²) in [4.78, 5) is 23.8. The third-order valence-electron chi connectivity index (χ3n) is 25.0. The molecule has 0 atom stereocenters. The SMILES string of the molecule is c1ccc(-c2cc(-n3c4ccc([Si](c5ccccc5)(c5ccccc5)c5ccccc5)cc4n4c5cc([Si](c6ccccc6)(c6ccccc6)c6ccccc6)ccc5nc34)nc(-n3c4ccc([Si](c5ccccc5)(c5ccccc5)c5ccccc5)cc4n4c5cc([Si](c6ccccc6)(c6ccccc6)c6ccccc6)ccc5nc34)n2)cc1. The van der Waals surface area contributed by atoms with Gasteiger partial charge in [-0.05, 0) is 132 Å². The number of nitrogens with zero attached hydrogens (tertiary/aromatic N) is 8. The summed E-state index contributed by atoms with van der Waals surface area (Å²) in [6.45, 7) is 0. The Morgan fingerprint density at radius 1 is 0.167 bits per heavy atom. The van der Waals surface area contributed by atoms with E-state index in [9.17, 15) is 0 Å². The van der Waals surface area contributed by atoms with Gasteiger partial charge in [-0.15, -0.1) is 0 Å². The zero-order chi connectivity index (χ0) is 79.6. The maximum absolute atomic E-state index is 6.10. The lowest BCUT2D eigenvalue weighted by atomic mass is 10.1. The summed E-state index contributed by atoms with van der Waals surface area (Å²) >= 11 is 0. The van der Waals surface area contributed by atoms with E-state index in [0.29, 0.717) is 23.3 Å². The van der Waals surface area contributed by atoms with Gasteiger partial charge in [-0.2, -0.15) is 4.98 Å². The van der Waals surface area contributed by atoms with E-state index < -0.39 is 32.3 Å². The van der Waals surface area contributed by atoms with Crippen LogP contribution in [0.2, 0.25) is 0 Å². The van der Waals surface area contributed by atoms with E-state index in [1.807, 2.05) is 0 Å². The second-order valence-electron chi connectivity index (χ2n) is 31.1. The molecule has 566 valence electrons. The predicted molar refractivity (Wildman–Crippen MR) is 508 cm³/mol. The molecule has 22 aromatic rings. The largest absolute Gasteiger partial charge is 0.276 e. The van der Waals surface area contributed by atoms with Gasteiger partial charge in [0.25, 0.3) is 0 Å². The lowest BCUT2D eigenvalue weighted by Crippen LogP contribution is -2.74. The highest BCUT2D eigenvalue weighted by atomic mass is 28.3. The minimum atomic E-state index is -3.18. The van der Waals surface area contributed by atoms with Gasteiger partial charge in [0.05, 0.1) is 49.8 Å². The van der Waals surface area contributed by atoms with Crippen molar-refractivity contribution in [3.05, 3.63) is 473 Å². The standard InChI is InChI=1S/C108H78N8Si4/c1-14-40-79(41-15-1)98-78-105(115-99-72-68-94(119(86-54-28-8-29-55-86,87-56-30-9-31-57-87)88-58-32-10-33-59-88)76-103(99)113-101-74-92(66-70-96(101)110-107(113)115)117(80-42-16-2-17-43-80,81-44-18-3-19-45-81)82-46-20-4-21-47-82)112-106(109-98)116-100-73-69-95(120(89-60-34-11-35-61-89,90-62-36-12-37-63-90)91-64-38-13-39-65-91)77-104(100)114-102-75-93(67-71-97(102)111-108(114)116)118(83-48-22-5-23-49-83,84-50-24-6-25-51-84)85-52-26-7-27-53-85/h1-78H. The van der Waals surface area contributed by atoms with Gasteiger partial charge in [0.1, 0.15) is 5.82 Å². The third kappa shape index (κ3) is 11.3. The molecule has 0 fully saturated rings. The van der Waals surface area contributed by atoms with E-state index in [1.54, 1.807) is 0 Å². The van der Waals surface area contributed by atoms with Gasteiger partial charge in [0.2, 0.25) is 17.5 Å². The number of aromatic nitrogens is 8. The van der Waals surface area contributed by atoms with Gasteiger partial charge >= 0.3 is 0 Å². The Hall–Kier alpha value is -14.8. The minimum Gasteiger partial charge on any atom is -0.276 e. The first-order chi connectivity index (χ1) is 59.5. The summed E-state index contributed by atoms with van der Waals surface area (Å²) in [5, 5.41) is 20.4. The molecule has 0 unspecified atom stereocenters. The van der Waals surface area contributed by atoms with E-state index >= 15 is 0 Å². The molecule has 0 aliphatic carbocycles. The van der Waals surface area contributed by atoms with Crippen molar-refractivity contribution in [1.29, 1.82) is 0 Å². The molecule has 0 aliphatic heterocycles. The van der Waals surface area contributed by atoms with Crippen molar-refractivity contribution in [2.45, 2.75) is 0 Å². The van der Waals surface area contributed by atoms with Gasteiger partial charge in [0, 0.05) is 11.6 Å². The molecule has 0 aliphatic rings. The van der Waals surface area contributed by atoms with Gasteiger partial charge in [0.15, 0.2) is 32.3 Å². The molecular weight excluding hydrogens is 1520 g/mol. The highest BCUT2D eigenvalue weighted by Gasteiger charge is 2.47. The molecule has 8 nitrogen and oxygen atoms in total. The van der Waals surface area contributed by atoms with Crippen molar-refractivity contribution >= 4 is 171 Å². The molecule has 5 heterocycles. The van der Waals surface area contributed by atoms with Crippen LogP contribution < -0.4 is 83.0 Å². The van der Waals surface area contributed by atoms with Crippen LogP contribution in [0.3, 0.4) is 0 Å². The normalized spacial score (nSPS) is 12.2. The molecule has 17 aromatic carbocycles. The van der Waals surface area contributed by atoms with E-state index in [2.05, 4.69) is 491 Å². The van der Waals surface area contributed by atoms with E-state index in [-0.39, 0.29) is 0 Å². The smallest absolute Gasteiger partial charge is 0.239 e. The van der Waals surface area contributed by atoms with Crippen molar-refractivity contribution in [1.82, 2.24) is 37.9 Å². The van der Waals surface area contributed by atoms with Crippen molar-refractivity contribution in [3.8, 4) is 23.0 Å². The van der Waals surface area contributed by atoms with Gasteiger partial charge in [-0.3, -0.25) is 13.4 Å². The van der Waals surface area contributed by atoms with E-state index in [4.69, 9.17) is 19.9 Å². The average molecular weight is 1600 g/mol. The fourth-order valence-electron chi connectivity index (χ4n) is 19.9. The van der Waals surface area contributed by atoms with Gasteiger partial charge < -0.3 is 0 Å². The van der Waals surface area contributed by atoms with Crippen LogP contribution in [0.4, 0.5) is 0 Å². The van der Waals surface area contributed by atoms with Crippen molar-refractivity contribution < 1.29 is 0 Å². The predicted octanol–water partition coefficient (Wildman–Crippen LogP) is 13.1. The molecule has 0 amide bonds. The lowest BCUT2D eigenvalue weighted by molar-refractivity contribution is 0.930. The first-order valence-corrected chi connectivity index (χ1v) is 49.1. The fraction of sp³-hybridized carbons (Fsp3) is 0. The van der Waals surface area contributed by atoms with Gasteiger partial charge in [-0.25, -0.2) is 19.5 Å². The summed E-state index contributed by atoms with van der Waals surface area (Å²) in [5.41, 5.74) is 9.16. The minimum absolute atomic E-state index is 0.455. The van der Waals surface area contributed by atoms with E-state index in [1.165, 1.54) is 83.0 Å². The summed E-state index contributed by atoms with van der Waals surface area (Å²) in [5.74, 6) is 2.50. The van der Waals surface area contributed by atoms with Crippen molar-refractivity contribution in [2.24, 2.45) is 0 Å². The van der Waals surface area contributed by atoms with Crippen LogP contribution >= 0.6 is 0 Å². The molecule has 0 saturated heterocycles. The van der Waals surface area contributed by atoms with Crippen molar-refractivity contribution in [2.75, 3.05) is 0 Å². The maximum atomic E-state index is 6.10. The molecule has 12 heteroatoms. The Kier molecular flexibility index (Phi) is 17.8. The Morgan fingerprint density at radius 3 is 0.658 bits per heavy atom. The maximum Gasteiger partial charge on any atom is 0.239 e. The quantitative estimate of drug-likeness (QED) is 0.0597. The van der Waals surface area contributed by atoms with Crippen LogP contribution in [-0.2, 0) is 0 Å². The van der Waals surface area contributed by atoms with Crippen LogP contribution in [0.25, 0.3) is 78.7 Å². The lowest BCUT2D eigenvalue weighted by Gasteiger charge is -2.34. The number of rotatable bonds is 19. The third-order valence-corrected chi connectivity index (χ3v) is 44.1. The highest BCUT2D eigenvalue weighted by Crippen LogP contribution is 2.35. The van der Waals surface area contributed by atoms with Crippen LogP contribution in [0, 0.1) is 0 Å². The molecule has 0 saturated carbocycles. The Balaban J connectivity index is 0.864. The first-order valence-electron chi connectivity index (χ1n) is 41.1. The Morgan fingerprint density at radius 2 is 0.392 bits per heavy atom. The fourth-order valence-corrected chi connectivity index (χ4v) is 39.0. The summed E-state index contributed by atoms with van der Waals surface area (Å²) in [7, 11) is -12.6. The van der Waals surface area contributed by atoms with Crippen LogP contribution in [0.15, 0.2) is 473 Å². The number of fused-ring (bicyclic) bond motifs is 10. The molecule has 0 bridgehead atoms. The number of hydrogen-bond donors (Lipinski definition) is 0. The average Bonchev–Trinajstić information content (AvgIpc) is 1.47. The summed E-state index contributed by atoms with van der Waals surface area (Å²) in [6.07, 6.45) is 0. The van der Waals surface area contributed by atoms with Crippen LogP contribution in [0.1, 0.15) is 0 Å². The number of benzene rings is 17.